The molecular weight excluding hydrogens is 313 g/mol. The van der Waals surface area contributed by atoms with Crippen molar-refractivity contribution in [2.75, 3.05) is 5.32 Å². The molecule has 2 aromatic carbocycles. The Balaban J connectivity index is 2.00. The Bertz CT molecular complexity index is 992. The predicted molar refractivity (Wildman–Crippen MR) is 87.0 cm³/mol. The van der Waals surface area contributed by atoms with Gasteiger partial charge in [0.1, 0.15) is 11.4 Å². The van der Waals surface area contributed by atoms with Crippen LogP contribution in [0.3, 0.4) is 0 Å². The van der Waals surface area contributed by atoms with Crippen molar-refractivity contribution in [1.82, 2.24) is 9.55 Å². The summed E-state index contributed by atoms with van der Waals surface area (Å²) in [4.78, 5) is 39.1. The summed E-state index contributed by atoms with van der Waals surface area (Å²) < 4.78 is 13.8. The zero-order chi connectivity index (χ0) is 17.1. The van der Waals surface area contributed by atoms with Crippen LogP contribution >= 0.6 is 0 Å². The average molecular weight is 325 g/mol. The van der Waals surface area contributed by atoms with Crippen molar-refractivity contribution in [2.45, 2.75) is 0 Å². The first-order valence-electron chi connectivity index (χ1n) is 7.03. The third-order valence-corrected chi connectivity index (χ3v) is 3.34. The number of amides is 1. The molecule has 1 aromatic heterocycles. The van der Waals surface area contributed by atoms with Crippen LogP contribution in [0.5, 0.6) is 0 Å². The summed E-state index contributed by atoms with van der Waals surface area (Å²) in [5, 5.41) is 2.48. The molecule has 0 radical (unpaired) electrons. The number of hydrogen-bond donors (Lipinski definition) is 2. The van der Waals surface area contributed by atoms with Gasteiger partial charge in [-0.05, 0) is 36.4 Å². The van der Waals surface area contributed by atoms with Gasteiger partial charge in [0, 0.05) is 11.9 Å². The molecule has 0 saturated carbocycles. The van der Waals surface area contributed by atoms with Crippen LogP contribution in [0.25, 0.3) is 5.69 Å². The van der Waals surface area contributed by atoms with Gasteiger partial charge >= 0.3 is 5.69 Å². The highest BCUT2D eigenvalue weighted by Crippen LogP contribution is 2.09. The number of aromatic amines is 1. The number of aromatic nitrogens is 2. The predicted octanol–water partition coefficient (Wildman–Crippen LogP) is 1.92. The number of carbonyl (C=O) groups excluding carboxylic acids is 1. The molecule has 7 heteroatoms. The van der Waals surface area contributed by atoms with Crippen LogP contribution in [0.4, 0.5) is 10.1 Å². The fraction of sp³-hybridized carbons (Fsp3) is 0. The number of nitrogens with one attached hydrogen (secondary N) is 2. The van der Waals surface area contributed by atoms with Crippen LogP contribution in [0.1, 0.15) is 10.4 Å². The SMILES string of the molecule is O=C(Nc1ccc(F)cc1)c1c[nH]c(=O)n(-c2ccccc2)c1=O. The summed E-state index contributed by atoms with van der Waals surface area (Å²) in [6.07, 6.45) is 1.06. The molecule has 2 N–H and O–H groups in total. The number of nitrogens with zero attached hydrogens (tertiary/aromatic N) is 1. The Labute approximate surface area is 135 Å². The van der Waals surface area contributed by atoms with Crippen LogP contribution in [-0.2, 0) is 0 Å². The molecule has 3 rings (SSSR count). The van der Waals surface area contributed by atoms with Gasteiger partial charge in [0.15, 0.2) is 0 Å². The lowest BCUT2D eigenvalue weighted by Crippen LogP contribution is -2.38. The summed E-state index contributed by atoms with van der Waals surface area (Å²) in [5.74, 6) is -1.14. The lowest BCUT2D eigenvalue weighted by atomic mass is 10.2. The average Bonchev–Trinajstić information content (AvgIpc) is 2.58. The van der Waals surface area contributed by atoms with Gasteiger partial charge in [-0.2, -0.15) is 0 Å². The lowest BCUT2D eigenvalue weighted by Gasteiger charge is -2.08. The van der Waals surface area contributed by atoms with Gasteiger partial charge in [-0.3, -0.25) is 9.59 Å². The second kappa shape index (κ2) is 6.33. The largest absolute Gasteiger partial charge is 0.333 e. The Kier molecular flexibility index (Phi) is 4.07. The molecule has 0 aliphatic heterocycles. The molecule has 0 fully saturated rings. The minimum Gasteiger partial charge on any atom is -0.322 e. The summed E-state index contributed by atoms with van der Waals surface area (Å²) in [5.41, 5.74) is -0.949. The molecule has 0 bridgehead atoms. The highest BCUT2D eigenvalue weighted by atomic mass is 19.1. The minimum absolute atomic E-state index is 0.234. The number of hydrogen-bond acceptors (Lipinski definition) is 3. The number of para-hydroxylation sites is 1. The smallest absolute Gasteiger partial charge is 0.322 e. The fourth-order valence-corrected chi connectivity index (χ4v) is 2.18. The number of halogens is 1. The Hall–Kier alpha value is -3.48. The van der Waals surface area contributed by atoms with E-state index in [-0.39, 0.29) is 5.56 Å². The van der Waals surface area contributed by atoms with E-state index in [1.165, 1.54) is 24.3 Å². The van der Waals surface area contributed by atoms with Gasteiger partial charge in [0.25, 0.3) is 11.5 Å². The van der Waals surface area contributed by atoms with Gasteiger partial charge in [0.05, 0.1) is 5.69 Å². The maximum atomic E-state index is 12.9. The maximum Gasteiger partial charge on any atom is 0.333 e. The number of anilines is 1. The van der Waals surface area contributed by atoms with Gasteiger partial charge in [-0.15, -0.1) is 0 Å². The number of H-pyrrole nitrogens is 1. The molecule has 24 heavy (non-hydrogen) atoms. The van der Waals surface area contributed by atoms with E-state index in [1.54, 1.807) is 30.3 Å². The van der Waals surface area contributed by atoms with E-state index in [9.17, 15) is 18.8 Å². The summed E-state index contributed by atoms with van der Waals surface area (Å²) in [7, 11) is 0. The van der Waals surface area contributed by atoms with Crippen LogP contribution in [0, 0.1) is 5.82 Å². The van der Waals surface area contributed by atoms with Crippen molar-refractivity contribution in [2.24, 2.45) is 0 Å². The van der Waals surface area contributed by atoms with Crippen molar-refractivity contribution < 1.29 is 9.18 Å². The molecule has 0 aliphatic rings. The first kappa shape index (κ1) is 15.4. The van der Waals surface area contributed by atoms with E-state index in [0.717, 1.165) is 10.8 Å². The highest BCUT2D eigenvalue weighted by Gasteiger charge is 2.15. The quantitative estimate of drug-likeness (QED) is 0.771. The molecule has 0 unspecified atom stereocenters. The number of benzene rings is 2. The van der Waals surface area contributed by atoms with Crippen molar-refractivity contribution in [1.29, 1.82) is 0 Å². The first-order chi connectivity index (χ1) is 11.6. The molecule has 1 amide bonds. The first-order valence-corrected chi connectivity index (χ1v) is 7.03. The Morgan fingerprint density at radius 1 is 1.00 bits per heavy atom. The molecule has 3 aromatic rings. The van der Waals surface area contributed by atoms with Gasteiger partial charge in [0.2, 0.25) is 0 Å². The van der Waals surface area contributed by atoms with Crippen LogP contribution < -0.4 is 16.6 Å². The van der Waals surface area contributed by atoms with Crippen molar-refractivity contribution in [3.05, 3.63) is 93.0 Å². The van der Waals surface area contributed by atoms with Gasteiger partial charge in [-0.25, -0.2) is 13.8 Å². The fourth-order valence-electron chi connectivity index (χ4n) is 2.18. The second-order valence-corrected chi connectivity index (χ2v) is 4.94. The molecule has 1 heterocycles. The monoisotopic (exact) mass is 325 g/mol. The van der Waals surface area contributed by atoms with Crippen molar-refractivity contribution in [3.63, 3.8) is 0 Å². The zero-order valence-corrected chi connectivity index (χ0v) is 12.3. The Morgan fingerprint density at radius 3 is 2.33 bits per heavy atom. The summed E-state index contributed by atoms with van der Waals surface area (Å²) in [6.45, 7) is 0. The van der Waals surface area contributed by atoms with Crippen molar-refractivity contribution >= 4 is 11.6 Å². The third-order valence-electron chi connectivity index (χ3n) is 3.34. The molecule has 120 valence electrons. The standard InChI is InChI=1S/C17H12FN3O3/c18-11-6-8-12(9-7-11)20-15(22)14-10-19-17(24)21(16(14)23)13-4-2-1-3-5-13/h1-10H,(H,19,24)(H,20,22). The molecule has 6 nitrogen and oxygen atoms in total. The normalized spacial score (nSPS) is 10.4. The highest BCUT2D eigenvalue weighted by molar-refractivity contribution is 6.03. The lowest BCUT2D eigenvalue weighted by molar-refractivity contribution is 0.102. The van der Waals surface area contributed by atoms with E-state index < -0.39 is 23.0 Å². The van der Waals surface area contributed by atoms with E-state index in [2.05, 4.69) is 10.3 Å². The van der Waals surface area contributed by atoms with Crippen LogP contribution in [-0.4, -0.2) is 15.5 Å². The molecule has 0 saturated heterocycles. The molecule has 0 aliphatic carbocycles. The third kappa shape index (κ3) is 3.00. The van der Waals surface area contributed by atoms with Crippen LogP contribution in [0.15, 0.2) is 70.4 Å². The van der Waals surface area contributed by atoms with E-state index >= 15 is 0 Å². The van der Waals surface area contributed by atoms with E-state index in [1.807, 2.05) is 0 Å². The van der Waals surface area contributed by atoms with Crippen molar-refractivity contribution in [3.8, 4) is 5.69 Å². The van der Waals surface area contributed by atoms with E-state index in [4.69, 9.17) is 0 Å². The van der Waals surface area contributed by atoms with E-state index in [0.29, 0.717) is 11.4 Å². The molecule has 0 atom stereocenters. The minimum atomic E-state index is -0.746. The molecular formula is C17H12FN3O3. The molecule has 0 spiro atoms. The van der Waals surface area contributed by atoms with Gasteiger partial charge < -0.3 is 10.3 Å². The maximum absolute atomic E-state index is 12.9. The summed E-state index contributed by atoms with van der Waals surface area (Å²) in [6, 6.07) is 13.4. The summed E-state index contributed by atoms with van der Waals surface area (Å²) >= 11 is 0. The topological polar surface area (TPSA) is 84.0 Å². The number of rotatable bonds is 3. The van der Waals surface area contributed by atoms with Gasteiger partial charge in [-0.1, -0.05) is 18.2 Å². The van der Waals surface area contributed by atoms with Crippen LogP contribution in [0.2, 0.25) is 0 Å². The number of carbonyl (C=O) groups is 1. The zero-order valence-electron chi connectivity index (χ0n) is 12.3. The second-order valence-electron chi connectivity index (χ2n) is 4.94. The Morgan fingerprint density at radius 2 is 1.67 bits per heavy atom.